The van der Waals surface area contributed by atoms with Crippen LogP contribution in [-0.4, -0.2) is 23.3 Å². The van der Waals surface area contributed by atoms with Gasteiger partial charge in [-0.25, -0.2) is 9.37 Å². The lowest BCUT2D eigenvalue weighted by Crippen LogP contribution is -2.29. The van der Waals surface area contributed by atoms with Crippen molar-refractivity contribution in [3.8, 4) is 0 Å². The smallest absolute Gasteiger partial charge is 0.227 e. The van der Waals surface area contributed by atoms with E-state index in [0.717, 1.165) is 5.69 Å². The van der Waals surface area contributed by atoms with Crippen molar-refractivity contribution in [2.24, 2.45) is 0 Å². The van der Waals surface area contributed by atoms with E-state index in [2.05, 4.69) is 15.6 Å². The Morgan fingerprint density at radius 3 is 2.65 bits per heavy atom. The highest BCUT2D eigenvalue weighted by atomic mass is 19.1. The average molecular weight is 315 g/mol. The first-order valence-electron chi connectivity index (χ1n) is 7.27. The molecule has 2 amide bonds. The quantitative estimate of drug-likeness (QED) is 0.858. The molecule has 2 rings (SSSR count). The standard InChI is InChI=1S/C17H18FN3O2/c1-12-4-2-7-15(20-12)21-16(22)8-9-19-17(23)11-13-5-3-6-14(18)10-13/h2-7,10H,8-9,11H2,1H3,(H,19,23)(H,20,21,22). The number of nitrogens with zero attached hydrogens (tertiary/aromatic N) is 1. The number of carbonyl (C=O) groups excluding carboxylic acids is 2. The van der Waals surface area contributed by atoms with Crippen molar-refractivity contribution in [3.05, 3.63) is 59.5 Å². The van der Waals surface area contributed by atoms with Crippen LogP contribution in [0.5, 0.6) is 0 Å². The van der Waals surface area contributed by atoms with Gasteiger partial charge >= 0.3 is 0 Å². The van der Waals surface area contributed by atoms with E-state index in [1.165, 1.54) is 12.1 Å². The van der Waals surface area contributed by atoms with Gasteiger partial charge < -0.3 is 10.6 Å². The van der Waals surface area contributed by atoms with Crippen molar-refractivity contribution in [2.75, 3.05) is 11.9 Å². The van der Waals surface area contributed by atoms with Gasteiger partial charge in [-0.2, -0.15) is 0 Å². The molecule has 0 aliphatic rings. The summed E-state index contributed by atoms with van der Waals surface area (Å²) in [4.78, 5) is 27.7. The summed E-state index contributed by atoms with van der Waals surface area (Å²) in [5.41, 5.74) is 1.40. The van der Waals surface area contributed by atoms with Crippen molar-refractivity contribution < 1.29 is 14.0 Å². The zero-order valence-corrected chi connectivity index (χ0v) is 12.8. The SMILES string of the molecule is Cc1cccc(NC(=O)CCNC(=O)Cc2cccc(F)c2)n1. The number of aryl methyl sites for hydroxylation is 1. The fourth-order valence-corrected chi connectivity index (χ4v) is 2.03. The largest absolute Gasteiger partial charge is 0.355 e. The average Bonchev–Trinajstić information content (AvgIpc) is 2.47. The van der Waals surface area contributed by atoms with E-state index in [0.29, 0.717) is 11.4 Å². The molecule has 0 aliphatic carbocycles. The van der Waals surface area contributed by atoms with Crippen LogP contribution in [0.3, 0.4) is 0 Å². The Bertz CT molecular complexity index is 644. The number of anilines is 1. The molecular formula is C17H18FN3O2. The van der Waals surface area contributed by atoms with Gasteiger partial charge in [0.25, 0.3) is 0 Å². The van der Waals surface area contributed by atoms with Crippen LogP contribution in [-0.2, 0) is 16.0 Å². The molecule has 0 radical (unpaired) electrons. The number of aromatic nitrogens is 1. The molecule has 1 aromatic heterocycles. The molecule has 1 aromatic carbocycles. The monoisotopic (exact) mass is 315 g/mol. The fourth-order valence-electron chi connectivity index (χ4n) is 2.03. The molecule has 1 heterocycles. The van der Waals surface area contributed by atoms with Crippen LogP contribution < -0.4 is 10.6 Å². The third-order valence-electron chi connectivity index (χ3n) is 3.08. The maximum atomic E-state index is 13.0. The Balaban J connectivity index is 1.71. The molecule has 0 saturated carbocycles. The first kappa shape index (κ1) is 16.6. The molecule has 0 fully saturated rings. The van der Waals surface area contributed by atoms with Crippen molar-refractivity contribution in [1.82, 2.24) is 10.3 Å². The first-order chi connectivity index (χ1) is 11.0. The van der Waals surface area contributed by atoms with Crippen molar-refractivity contribution in [3.63, 3.8) is 0 Å². The highest BCUT2D eigenvalue weighted by molar-refractivity contribution is 5.90. The van der Waals surface area contributed by atoms with Crippen LogP contribution >= 0.6 is 0 Å². The highest BCUT2D eigenvalue weighted by Gasteiger charge is 2.07. The number of pyridine rings is 1. The van der Waals surface area contributed by atoms with Crippen molar-refractivity contribution in [1.29, 1.82) is 0 Å². The summed E-state index contributed by atoms with van der Waals surface area (Å²) in [6.07, 6.45) is 0.226. The Kier molecular flexibility index (Phi) is 5.80. The zero-order valence-electron chi connectivity index (χ0n) is 12.8. The number of carbonyl (C=O) groups is 2. The summed E-state index contributed by atoms with van der Waals surface area (Å²) in [5, 5.41) is 5.30. The van der Waals surface area contributed by atoms with E-state index in [1.807, 2.05) is 13.0 Å². The molecule has 6 heteroatoms. The summed E-state index contributed by atoms with van der Waals surface area (Å²) in [6.45, 7) is 2.05. The van der Waals surface area contributed by atoms with Gasteiger partial charge in [-0.3, -0.25) is 9.59 Å². The van der Waals surface area contributed by atoms with E-state index in [-0.39, 0.29) is 37.0 Å². The Labute approximate surface area is 133 Å². The Morgan fingerprint density at radius 1 is 1.13 bits per heavy atom. The Hall–Kier alpha value is -2.76. The van der Waals surface area contributed by atoms with Gasteiger partial charge in [0.15, 0.2) is 0 Å². The zero-order chi connectivity index (χ0) is 16.7. The minimum absolute atomic E-state index is 0.0822. The second-order valence-corrected chi connectivity index (χ2v) is 5.12. The molecule has 0 saturated heterocycles. The van der Waals surface area contributed by atoms with Gasteiger partial charge in [0.1, 0.15) is 11.6 Å². The maximum Gasteiger partial charge on any atom is 0.227 e. The van der Waals surface area contributed by atoms with Gasteiger partial charge in [0.2, 0.25) is 11.8 Å². The summed E-state index contributed by atoms with van der Waals surface area (Å²) in [6, 6.07) is 11.2. The van der Waals surface area contributed by atoms with Gasteiger partial charge in [-0.1, -0.05) is 18.2 Å². The summed E-state index contributed by atoms with van der Waals surface area (Å²) < 4.78 is 13.0. The van der Waals surface area contributed by atoms with E-state index in [9.17, 15) is 14.0 Å². The van der Waals surface area contributed by atoms with E-state index >= 15 is 0 Å². The van der Waals surface area contributed by atoms with Gasteiger partial charge in [0, 0.05) is 18.7 Å². The number of hydrogen-bond acceptors (Lipinski definition) is 3. The second kappa shape index (κ2) is 8.03. The van der Waals surface area contributed by atoms with Crippen LogP contribution in [0.25, 0.3) is 0 Å². The lowest BCUT2D eigenvalue weighted by atomic mass is 10.1. The van der Waals surface area contributed by atoms with Crippen LogP contribution in [0, 0.1) is 12.7 Å². The third kappa shape index (κ3) is 5.86. The van der Waals surface area contributed by atoms with Crippen molar-refractivity contribution in [2.45, 2.75) is 19.8 Å². The second-order valence-electron chi connectivity index (χ2n) is 5.12. The third-order valence-corrected chi connectivity index (χ3v) is 3.08. The molecule has 23 heavy (non-hydrogen) atoms. The highest BCUT2D eigenvalue weighted by Crippen LogP contribution is 2.05. The molecule has 5 nitrogen and oxygen atoms in total. The Morgan fingerprint density at radius 2 is 1.91 bits per heavy atom. The van der Waals surface area contributed by atoms with Gasteiger partial charge in [-0.15, -0.1) is 0 Å². The molecule has 2 aromatic rings. The van der Waals surface area contributed by atoms with E-state index < -0.39 is 0 Å². The molecule has 0 spiro atoms. The summed E-state index contributed by atoms with van der Waals surface area (Å²) in [5.74, 6) is -0.368. The first-order valence-corrected chi connectivity index (χ1v) is 7.27. The van der Waals surface area contributed by atoms with Gasteiger partial charge in [0.05, 0.1) is 6.42 Å². The summed E-state index contributed by atoms with van der Waals surface area (Å²) >= 11 is 0. The molecule has 0 aliphatic heterocycles. The number of halogens is 1. The number of hydrogen-bond donors (Lipinski definition) is 2. The van der Waals surface area contributed by atoms with E-state index in [1.54, 1.807) is 24.3 Å². The van der Waals surface area contributed by atoms with Crippen LogP contribution in [0.4, 0.5) is 10.2 Å². The number of amides is 2. The lowest BCUT2D eigenvalue weighted by molar-refractivity contribution is -0.120. The minimum Gasteiger partial charge on any atom is -0.355 e. The number of rotatable bonds is 6. The number of nitrogens with one attached hydrogen (secondary N) is 2. The minimum atomic E-state index is -0.375. The molecule has 0 atom stereocenters. The maximum absolute atomic E-state index is 13.0. The normalized spacial score (nSPS) is 10.2. The fraction of sp³-hybridized carbons (Fsp3) is 0.235. The van der Waals surface area contributed by atoms with E-state index in [4.69, 9.17) is 0 Å². The predicted octanol–water partition coefficient (Wildman–Crippen LogP) is 2.22. The van der Waals surface area contributed by atoms with Crippen LogP contribution in [0.2, 0.25) is 0 Å². The molecule has 120 valence electrons. The summed E-state index contributed by atoms with van der Waals surface area (Å²) in [7, 11) is 0. The molecule has 0 unspecified atom stereocenters. The van der Waals surface area contributed by atoms with Crippen LogP contribution in [0.1, 0.15) is 17.7 Å². The molecule has 0 bridgehead atoms. The molecule has 2 N–H and O–H groups in total. The van der Waals surface area contributed by atoms with Gasteiger partial charge in [-0.05, 0) is 36.8 Å². The molecular weight excluding hydrogens is 297 g/mol. The van der Waals surface area contributed by atoms with Crippen molar-refractivity contribution >= 4 is 17.6 Å². The predicted molar refractivity (Wildman–Crippen MR) is 85.3 cm³/mol. The lowest BCUT2D eigenvalue weighted by Gasteiger charge is -2.07. The topological polar surface area (TPSA) is 71.1 Å². The number of benzene rings is 1. The van der Waals surface area contributed by atoms with Crippen LogP contribution in [0.15, 0.2) is 42.5 Å².